The molecule has 0 bridgehead atoms. The van der Waals surface area contributed by atoms with E-state index in [1.165, 1.54) is 14.2 Å². The van der Waals surface area contributed by atoms with Gasteiger partial charge in [-0.2, -0.15) is 0 Å². The van der Waals surface area contributed by atoms with E-state index in [1.54, 1.807) is 57.2 Å². The molecule has 0 fully saturated rings. The molecule has 0 unspecified atom stereocenters. The van der Waals surface area contributed by atoms with Crippen molar-refractivity contribution in [1.82, 2.24) is 10.6 Å². The van der Waals surface area contributed by atoms with E-state index in [0.717, 1.165) is 5.56 Å². The molecule has 32 heavy (non-hydrogen) atoms. The number of carbonyl (C=O) groups is 3. The van der Waals surface area contributed by atoms with Crippen LogP contribution in [0.3, 0.4) is 0 Å². The van der Waals surface area contributed by atoms with Crippen molar-refractivity contribution in [2.45, 2.75) is 32.9 Å². The lowest BCUT2D eigenvalue weighted by molar-refractivity contribution is -0.120. The van der Waals surface area contributed by atoms with Crippen LogP contribution in [-0.2, 0) is 16.1 Å². The third kappa shape index (κ3) is 7.82. The molecule has 0 aliphatic carbocycles. The Morgan fingerprint density at radius 3 is 2.28 bits per heavy atom. The van der Waals surface area contributed by atoms with Gasteiger partial charge in [0.25, 0.3) is 5.91 Å². The number of anilines is 1. The maximum Gasteiger partial charge on any atom is 0.408 e. The van der Waals surface area contributed by atoms with Gasteiger partial charge in [0, 0.05) is 17.8 Å². The molecule has 0 spiro atoms. The summed E-state index contributed by atoms with van der Waals surface area (Å²) in [5.41, 5.74) is 1.13. The highest BCUT2D eigenvalue weighted by Crippen LogP contribution is 2.27. The molecule has 0 radical (unpaired) electrons. The van der Waals surface area contributed by atoms with Gasteiger partial charge in [0.15, 0.2) is 11.5 Å². The highest BCUT2D eigenvalue weighted by molar-refractivity contribution is 6.04. The highest BCUT2D eigenvalue weighted by atomic mass is 16.6. The summed E-state index contributed by atoms with van der Waals surface area (Å²) >= 11 is 0. The van der Waals surface area contributed by atoms with E-state index in [2.05, 4.69) is 16.0 Å². The van der Waals surface area contributed by atoms with Gasteiger partial charge in [0.1, 0.15) is 12.1 Å². The molecule has 0 aliphatic heterocycles. The molecule has 0 saturated heterocycles. The Labute approximate surface area is 187 Å². The first-order valence-corrected chi connectivity index (χ1v) is 9.97. The van der Waals surface area contributed by atoms with Gasteiger partial charge in [-0.3, -0.25) is 9.59 Å². The lowest BCUT2D eigenvalue weighted by atomic mass is 10.1. The Morgan fingerprint density at radius 2 is 1.62 bits per heavy atom. The van der Waals surface area contributed by atoms with Crippen LogP contribution in [-0.4, -0.2) is 44.3 Å². The molecule has 0 saturated carbocycles. The topological polar surface area (TPSA) is 115 Å². The van der Waals surface area contributed by atoms with Crippen LogP contribution >= 0.6 is 0 Å². The Hall–Kier alpha value is -3.75. The van der Waals surface area contributed by atoms with E-state index < -0.39 is 11.7 Å². The molecule has 0 heterocycles. The van der Waals surface area contributed by atoms with E-state index in [-0.39, 0.29) is 24.9 Å². The summed E-state index contributed by atoms with van der Waals surface area (Å²) in [5.74, 6) is 0.309. The highest BCUT2D eigenvalue weighted by Gasteiger charge is 2.16. The van der Waals surface area contributed by atoms with E-state index >= 15 is 0 Å². The van der Waals surface area contributed by atoms with E-state index in [1.807, 2.05) is 6.07 Å². The fourth-order valence-corrected chi connectivity index (χ4v) is 2.67. The third-order valence-electron chi connectivity index (χ3n) is 4.11. The van der Waals surface area contributed by atoms with E-state index in [4.69, 9.17) is 14.2 Å². The molecule has 0 aromatic heterocycles. The van der Waals surface area contributed by atoms with Crippen LogP contribution in [0.2, 0.25) is 0 Å². The zero-order chi connectivity index (χ0) is 23.7. The summed E-state index contributed by atoms with van der Waals surface area (Å²) in [6, 6.07) is 12.0. The predicted octanol–water partition coefficient (Wildman–Crippen LogP) is 3.10. The lowest BCUT2D eigenvalue weighted by Crippen LogP contribution is -2.39. The number of hydrogen-bond acceptors (Lipinski definition) is 6. The van der Waals surface area contributed by atoms with Crippen LogP contribution in [0.1, 0.15) is 36.7 Å². The maximum absolute atomic E-state index is 12.6. The second-order valence-electron chi connectivity index (χ2n) is 7.86. The van der Waals surface area contributed by atoms with Crippen molar-refractivity contribution >= 4 is 23.6 Å². The Bertz CT molecular complexity index is 968. The van der Waals surface area contributed by atoms with Gasteiger partial charge >= 0.3 is 6.09 Å². The third-order valence-corrected chi connectivity index (χ3v) is 4.11. The van der Waals surface area contributed by atoms with Gasteiger partial charge in [0.2, 0.25) is 5.91 Å². The molecule has 2 rings (SSSR count). The summed E-state index contributed by atoms with van der Waals surface area (Å²) < 4.78 is 15.5. The Kier molecular flexibility index (Phi) is 8.46. The van der Waals surface area contributed by atoms with E-state index in [0.29, 0.717) is 22.7 Å². The quantitative estimate of drug-likeness (QED) is 0.578. The van der Waals surface area contributed by atoms with Crippen LogP contribution in [0.15, 0.2) is 42.5 Å². The van der Waals surface area contributed by atoms with E-state index in [9.17, 15) is 14.4 Å². The Morgan fingerprint density at radius 1 is 0.906 bits per heavy atom. The molecule has 3 amide bonds. The minimum atomic E-state index is -0.660. The summed E-state index contributed by atoms with van der Waals surface area (Å²) in [4.78, 5) is 36.2. The van der Waals surface area contributed by atoms with Gasteiger partial charge in [-0.15, -0.1) is 0 Å². The number of alkyl carbamates (subject to hydrolysis) is 1. The van der Waals surface area contributed by atoms with Gasteiger partial charge in [0.05, 0.1) is 14.2 Å². The normalized spacial score (nSPS) is 10.7. The zero-order valence-corrected chi connectivity index (χ0v) is 18.9. The fraction of sp³-hybridized carbons (Fsp3) is 0.348. The zero-order valence-electron chi connectivity index (χ0n) is 18.9. The van der Waals surface area contributed by atoms with Crippen molar-refractivity contribution in [2.75, 3.05) is 26.1 Å². The minimum Gasteiger partial charge on any atom is -0.493 e. The molecule has 9 nitrogen and oxygen atoms in total. The van der Waals surface area contributed by atoms with Gasteiger partial charge < -0.3 is 30.2 Å². The molecule has 172 valence electrons. The molecule has 0 atom stereocenters. The van der Waals surface area contributed by atoms with Crippen LogP contribution < -0.4 is 25.4 Å². The molecule has 2 aromatic carbocycles. The van der Waals surface area contributed by atoms with Gasteiger partial charge in [-0.05, 0) is 56.7 Å². The summed E-state index contributed by atoms with van der Waals surface area (Å²) in [6.45, 7) is 5.25. The number of amides is 3. The summed E-state index contributed by atoms with van der Waals surface area (Å²) in [6.07, 6.45) is -0.660. The number of benzene rings is 2. The molecule has 9 heteroatoms. The molecule has 3 N–H and O–H groups in total. The lowest BCUT2D eigenvalue weighted by Gasteiger charge is -2.19. The predicted molar refractivity (Wildman–Crippen MR) is 120 cm³/mol. The fourth-order valence-electron chi connectivity index (χ4n) is 2.67. The van der Waals surface area contributed by atoms with Crippen molar-refractivity contribution in [3.8, 4) is 11.5 Å². The summed E-state index contributed by atoms with van der Waals surface area (Å²) in [7, 11) is 3.02. The average molecular weight is 444 g/mol. The van der Waals surface area contributed by atoms with Crippen LogP contribution in [0, 0.1) is 0 Å². The number of rotatable bonds is 8. The minimum absolute atomic E-state index is 0.204. The Balaban J connectivity index is 1.90. The molecular formula is C23H29N3O6. The first-order valence-electron chi connectivity index (χ1n) is 9.97. The van der Waals surface area contributed by atoms with Crippen molar-refractivity contribution in [1.29, 1.82) is 0 Å². The smallest absolute Gasteiger partial charge is 0.408 e. The van der Waals surface area contributed by atoms with Crippen molar-refractivity contribution in [2.24, 2.45) is 0 Å². The summed E-state index contributed by atoms with van der Waals surface area (Å²) in [5, 5.41) is 7.92. The van der Waals surface area contributed by atoms with Gasteiger partial charge in [-0.25, -0.2) is 4.79 Å². The van der Waals surface area contributed by atoms with Crippen molar-refractivity contribution in [3.63, 3.8) is 0 Å². The molecular weight excluding hydrogens is 414 g/mol. The number of carbonyl (C=O) groups excluding carboxylic acids is 3. The van der Waals surface area contributed by atoms with Crippen LogP contribution in [0.4, 0.5) is 10.5 Å². The van der Waals surface area contributed by atoms with Gasteiger partial charge in [-0.1, -0.05) is 12.1 Å². The number of ether oxygens (including phenoxy) is 3. The molecule has 2 aromatic rings. The first-order chi connectivity index (χ1) is 15.1. The average Bonchev–Trinajstić information content (AvgIpc) is 2.74. The molecule has 0 aliphatic rings. The van der Waals surface area contributed by atoms with Crippen LogP contribution in [0.25, 0.3) is 0 Å². The largest absolute Gasteiger partial charge is 0.493 e. The number of hydrogen-bond donors (Lipinski definition) is 3. The van der Waals surface area contributed by atoms with Crippen LogP contribution in [0.5, 0.6) is 11.5 Å². The number of nitrogens with one attached hydrogen (secondary N) is 3. The maximum atomic E-state index is 12.6. The number of methoxy groups -OCH3 is 2. The monoisotopic (exact) mass is 443 g/mol. The standard InChI is InChI=1S/C23H29N3O6/c1-23(2,3)32-22(29)25-14-20(27)24-13-15-7-6-8-17(11-15)26-21(28)16-9-10-18(30-4)19(12-16)31-5/h6-12H,13-14H2,1-5H3,(H,24,27)(H,25,29)(H,26,28). The van der Waals surface area contributed by atoms with Crippen molar-refractivity contribution < 1.29 is 28.6 Å². The first kappa shape index (κ1) is 24.5. The SMILES string of the molecule is COc1ccc(C(=O)Nc2cccc(CNC(=O)CNC(=O)OC(C)(C)C)c2)cc1OC. The second-order valence-corrected chi connectivity index (χ2v) is 7.86. The van der Waals surface area contributed by atoms with Crippen molar-refractivity contribution in [3.05, 3.63) is 53.6 Å². The second kappa shape index (κ2) is 11.0.